The Morgan fingerprint density at radius 3 is 2.55 bits per heavy atom. The molecule has 31 heavy (non-hydrogen) atoms. The number of carbonyl (C=O) groups is 1. The third kappa shape index (κ3) is 3.68. The van der Waals surface area contributed by atoms with Gasteiger partial charge in [-0.1, -0.05) is 12.1 Å². The summed E-state index contributed by atoms with van der Waals surface area (Å²) in [5.41, 5.74) is 1.57. The van der Waals surface area contributed by atoms with Gasteiger partial charge in [0.15, 0.2) is 5.82 Å². The first-order chi connectivity index (χ1) is 14.6. The van der Waals surface area contributed by atoms with E-state index < -0.39 is 28.0 Å². The lowest BCUT2D eigenvalue weighted by Gasteiger charge is -2.17. The van der Waals surface area contributed by atoms with Gasteiger partial charge in [0, 0.05) is 24.0 Å². The maximum atomic E-state index is 15.1. The van der Waals surface area contributed by atoms with Crippen molar-refractivity contribution >= 4 is 26.9 Å². The Balaban J connectivity index is 1.81. The molecule has 0 aliphatic carbocycles. The van der Waals surface area contributed by atoms with E-state index >= 15 is 4.39 Å². The lowest BCUT2D eigenvalue weighted by atomic mass is 10.00. The average molecular weight is 446 g/mol. The number of hydrogen-bond acceptors (Lipinski definition) is 4. The highest BCUT2D eigenvalue weighted by atomic mass is 32.2. The molecular formula is C22H20F2N2O4S. The predicted octanol–water partition coefficient (Wildman–Crippen LogP) is 4.09. The number of carboxylic acid groups (broad SMARTS) is 1. The molecule has 2 aromatic carbocycles. The molecule has 0 bridgehead atoms. The van der Waals surface area contributed by atoms with Crippen LogP contribution in [0.25, 0.3) is 22.2 Å². The second kappa shape index (κ2) is 7.65. The standard InChI is InChI=1S/C22H20F2N2O4S/c1-12-9-16(31(29,30)26-8-7-15(23)11-26)4-6-17(12)21-20(24)13(2)18-5-3-14(22(27)28)10-19(18)25-21/h3-6,9-10,15H,7-8,11H2,1-2H3,(H,27,28)/t15-/m0/s1. The molecule has 0 saturated carbocycles. The Hall–Kier alpha value is -2.91. The molecule has 162 valence electrons. The number of aryl methyl sites for hydroxylation is 2. The van der Waals surface area contributed by atoms with Crippen molar-refractivity contribution in [1.82, 2.24) is 9.29 Å². The highest BCUT2D eigenvalue weighted by Crippen LogP contribution is 2.32. The molecule has 1 aliphatic rings. The summed E-state index contributed by atoms with van der Waals surface area (Å²) in [6.07, 6.45) is -1.01. The Morgan fingerprint density at radius 1 is 1.19 bits per heavy atom. The number of nitrogens with zero attached hydrogens (tertiary/aromatic N) is 2. The fourth-order valence-corrected chi connectivity index (χ4v) is 5.40. The first kappa shape index (κ1) is 21.3. The summed E-state index contributed by atoms with van der Waals surface area (Å²) >= 11 is 0. The number of hydrogen-bond donors (Lipinski definition) is 1. The van der Waals surface area contributed by atoms with Gasteiger partial charge in [0.2, 0.25) is 10.0 Å². The number of fused-ring (bicyclic) bond motifs is 1. The number of pyridine rings is 1. The molecule has 1 N–H and O–H groups in total. The molecule has 1 fully saturated rings. The van der Waals surface area contributed by atoms with Gasteiger partial charge in [-0.15, -0.1) is 0 Å². The molecule has 3 aromatic rings. The van der Waals surface area contributed by atoms with Gasteiger partial charge in [0.05, 0.1) is 16.0 Å². The zero-order valence-electron chi connectivity index (χ0n) is 16.9. The predicted molar refractivity (Wildman–Crippen MR) is 112 cm³/mol. The summed E-state index contributed by atoms with van der Waals surface area (Å²) in [5.74, 6) is -1.68. The minimum absolute atomic E-state index is 0.00827. The molecule has 1 saturated heterocycles. The zero-order chi connectivity index (χ0) is 22.5. The van der Waals surface area contributed by atoms with E-state index in [1.54, 1.807) is 13.8 Å². The molecule has 9 heteroatoms. The number of aromatic carboxylic acids is 1. The maximum absolute atomic E-state index is 15.1. The maximum Gasteiger partial charge on any atom is 0.335 e. The summed E-state index contributed by atoms with van der Waals surface area (Å²) in [4.78, 5) is 15.6. The smallest absolute Gasteiger partial charge is 0.335 e. The van der Waals surface area contributed by atoms with E-state index in [-0.39, 0.29) is 35.7 Å². The minimum atomic E-state index is -3.85. The number of benzene rings is 2. The van der Waals surface area contributed by atoms with Crippen LogP contribution in [0.2, 0.25) is 0 Å². The first-order valence-corrected chi connectivity index (χ1v) is 11.1. The normalized spacial score (nSPS) is 17.4. The Kier molecular flexibility index (Phi) is 5.26. The minimum Gasteiger partial charge on any atom is -0.478 e. The number of sulfonamides is 1. The van der Waals surface area contributed by atoms with Gasteiger partial charge in [-0.3, -0.25) is 0 Å². The van der Waals surface area contributed by atoms with Crippen molar-refractivity contribution in [2.45, 2.75) is 31.3 Å². The third-order valence-electron chi connectivity index (χ3n) is 5.60. The lowest BCUT2D eigenvalue weighted by Crippen LogP contribution is -2.29. The molecule has 0 radical (unpaired) electrons. The molecule has 0 amide bonds. The summed E-state index contributed by atoms with van der Waals surface area (Å²) < 4.78 is 55.3. The largest absolute Gasteiger partial charge is 0.478 e. The fraction of sp³-hybridized carbons (Fsp3) is 0.273. The number of aromatic nitrogens is 1. The molecule has 6 nitrogen and oxygen atoms in total. The van der Waals surface area contributed by atoms with Gasteiger partial charge >= 0.3 is 5.97 Å². The van der Waals surface area contributed by atoms with E-state index in [1.807, 2.05) is 0 Å². The van der Waals surface area contributed by atoms with Crippen molar-refractivity contribution in [3.63, 3.8) is 0 Å². The van der Waals surface area contributed by atoms with Crippen LogP contribution < -0.4 is 0 Å². The fourth-order valence-electron chi connectivity index (χ4n) is 3.84. The molecular weight excluding hydrogens is 426 g/mol. The molecule has 0 unspecified atom stereocenters. The van der Waals surface area contributed by atoms with Crippen LogP contribution in [-0.2, 0) is 10.0 Å². The second-order valence-electron chi connectivity index (χ2n) is 7.66. The van der Waals surface area contributed by atoms with Crippen LogP contribution in [0.3, 0.4) is 0 Å². The van der Waals surface area contributed by atoms with E-state index in [9.17, 15) is 22.7 Å². The second-order valence-corrected chi connectivity index (χ2v) is 9.60. The summed E-state index contributed by atoms with van der Waals surface area (Å²) in [7, 11) is -3.85. The van der Waals surface area contributed by atoms with Crippen molar-refractivity contribution in [3.05, 3.63) is 58.9 Å². The van der Waals surface area contributed by atoms with Gasteiger partial charge in [0.1, 0.15) is 11.9 Å². The highest BCUT2D eigenvalue weighted by molar-refractivity contribution is 7.89. The summed E-state index contributed by atoms with van der Waals surface area (Å²) in [6.45, 7) is 3.17. The zero-order valence-corrected chi connectivity index (χ0v) is 17.7. The Labute approximate surface area is 178 Å². The quantitative estimate of drug-likeness (QED) is 0.652. The molecule has 4 rings (SSSR count). The van der Waals surface area contributed by atoms with Gasteiger partial charge < -0.3 is 5.11 Å². The third-order valence-corrected chi connectivity index (χ3v) is 7.46. The van der Waals surface area contributed by atoms with Crippen molar-refractivity contribution in [2.75, 3.05) is 13.1 Å². The number of carboxylic acids is 1. The van der Waals surface area contributed by atoms with Crippen molar-refractivity contribution in [1.29, 1.82) is 0 Å². The van der Waals surface area contributed by atoms with Crippen LogP contribution in [0.1, 0.15) is 27.9 Å². The summed E-state index contributed by atoms with van der Waals surface area (Å²) in [6, 6.07) is 8.54. The van der Waals surface area contributed by atoms with Gasteiger partial charge in [-0.25, -0.2) is 27.0 Å². The topological polar surface area (TPSA) is 87.6 Å². The van der Waals surface area contributed by atoms with E-state index in [4.69, 9.17) is 0 Å². The van der Waals surface area contributed by atoms with Gasteiger partial charge in [-0.2, -0.15) is 4.31 Å². The van der Waals surface area contributed by atoms with E-state index in [2.05, 4.69) is 4.98 Å². The Morgan fingerprint density at radius 2 is 1.94 bits per heavy atom. The van der Waals surface area contributed by atoms with Crippen LogP contribution in [-0.4, -0.2) is 48.0 Å². The average Bonchev–Trinajstić information content (AvgIpc) is 3.17. The molecule has 2 heterocycles. The molecule has 1 atom stereocenters. The highest BCUT2D eigenvalue weighted by Gasteiger charge is 2.32. The molecule has 1 aliphatic heterocycles. The SMILES string of the molecule is Cc1cc(S(=O)(=O)N2CC[C@H](F)C2)ccc1-c1nc2cc(C(=O)O)ccc2c(C)c1F. The van der Waals surface area contributed by atoms with E-state index in [0.29, 0.717) is 27.6 Å². The van der Waals surface area contributed by atoms with Crippen LogP contribution in [0.4, 0.5) is 8.78 Å². The van der Waals surface area contributed by atoms with Crippen LogP contribution >= 0.6 is 0 Å². The number of halogens is 2. The molecule has 0 spiro atoms. The number of rotatable bonds is 4. The molecule has 1 aromatic heterocycles. The van der Waals surface area contributed by atoms with Crippen molar-refractivity contribution < 1.29 is 27.1 Å². The monoisotopic (exact) mass is 446 g/mol. The Bertz CT molecular complexity index is 1320. The number of alkyl halides is 1. The van der Waals surface area contributed by atoms with Crippen LogP contribution in [0.5, 0.6) is 0 Å². The van der Waals surface area contributed by atoms with Gasteiger partial charge in [-0.05, 0) is 55.7 Å². The van der Waals surface area contributed by atoms with E-state index in [0.717, 1.165) is 4.31 Å². The van der Waals surface area contributed by atoms with Crippen LogP contribution in [0.15, 0.2) is 41.3 Å². The van der Waals surface area contributed by atoms with Gasteiger partial charge in [0.25, 0.3) is 0 Å². The summed E-state index contributed by atoms with van der Waals surface area (Å²) in [5, 5.41) is 9.72. The first-order valence-electron chi connectivity index (χ1n) is 9.68. The van der Waals surface area contributed by atoms with Crippen LogP contribution in [0, 0.1) is 19.7 Å². The van der Waals surface area contributed by atoms with E-state index in [1.165, 1.54) is 36.4 Å². The lowest BCUT2D eigenvalue weighted by molar-refractivity contribution is 0.0697. The van der Waals surface area contributed by atoms with Crippen molar-refractivity contribution in [3.8, 4) is 11.3 Å². The van der Waals surface area contributed by atoms with Crippen molar-refractivity contribution in [2.24, 2.45) is 0 Å².